The van der Waals surface area contributed by atoms with Crippen LogP contribution in [0.2, 0.25) is 0 Å². The summed E-state index contributed by atoms with van der Waals surface area (Å²) in [5.41, 5.74) is 5.83. The topological polar surface area (TPSA) is 55.6 Å². The normalized spacial score (nSPS) is 38.9. The molecule has 18 heavy (non-hydrogen) atoms. The highest BCUT2D eigenvalue weighted by molar-refractivity contribution is 7.99. The summed E-state index contributed by atoms with van der Waals surface area (Å²) in [5, 5.41) is 0. The van der Waals surface area contributed by atoms with Crippen molar-refractivity contribution >= 4 is 17.7 Å². The van der Waals surface area contributed by atoms with Crippen molar-refractivity contribution in [2.75, 3.05) is 24.7 Å². The second kappa shape index (κ2) is 5.39. The van der Waals surface area contributed by atoms with Crippen LogP contribution < -0.4 is 5.73 Å². The largest absolute Gasteiger partial charge is 0.376 e. The first-order chi connectivity index (χ1) is 8.75. The molecule has 4 unspecified atom stereocenters. The van der Waals surface area contributed by atoms with Crippen molar-refractivity contribution in [2.45, 2.75) is 43.9 Å². The minimum absolute atomic E-state index is 0.0944. The van der Waals surface area contributed by atoms with Gasteiger partial charge in [0.1, 0.15) is 0 Å². The van der Waals surface area contributed by atoms with Crippen molar-refractivity contribution in [2.24, 2.45) is 11.7 Å². The highest BCUT2D eigenvalue weighted by atomic mass is 32.2. The number of hydrogen-bond donors (Lipinski definition) is 1. The smallest absolute Gasteiger partial charge is 0.227 e. The molecule has 3 aliphatic rings. The van der Waals surface area contributed by atoms with E-state index >= 15 is 0 Å². The minimum atomic E-state index is 0.0944. The van der Waals surface area contributed by atoms with Crippen LogP contribution in [0.1, 0.15) is 25.7 Å². The lowest BCUT2D eigenvalue weighted by Gasteiger charge is -2.31. The van der Waals surface area contributed by atoms with Crippen LogP contribution in [0.25, 0.3) is 0 Å². The lowest BCUT2D eigenvalue weighted by molar-refractivity contribution is -0.136. The third kappa shape index (κ3) is 2.68. The molecule has 102 valence electrons. The summed E-state index contributed by atoms with van der Waals surface area (Å²) in [5.74, 6) is 2.64. The fraction of sp³-hybridized carbons (Fsp3) is 0.923. The summed E-state index contributed by atoms with van der Waals surface area (Å²) < 4.78 is 5.69. The average molecular weight is 270 g/mol. The Hall–Kier alpha value is -0.260. The molecule has 0 radical (unpaired) electrons. The first-order valence-corrected chi connectivity index (χ1v) is 8.16. The maximum absolute atomic E-state index is 12.5. The highest BCUT2D eigenvalue weighted by Crippen LogP contribution is 2.33. The Morgan fingerprint density at radius 1 is 1.44 bits per heavy atom. The number of thioether (sulfide) groups is 1. The zero-order valence-electron chi connectivity index (χ0n) is 10.7. The molecule has 1 amide bonds. The monoisotopic (exact) mass is 270 g/mol. The quantitative estimate of drug-likeness (QED) is 0.823. The second-order valence-electron chi connectivity index (χ2n) is 5.65. The van der Waals surface area contributed by atoms with E-state index in [1.807, 2.05) is 11.8 Å². The Bertz CT molecular complexity index is 314. The van der Waals surface area contributed by atoms with Crippen LogP contribution >= 0.6 is 11.8 Å². The molecule has 2 aliphatic heterocycles. The van der Waals surface area contributed by atoms with Gasteiger partial charge in [-0.25, -0.2) is 0 Å². The number of nitrogens with zero attached hydrogens (tertiary/aromatic N) is 1. The highest BCUT2D eigenvalue weighted by Gasteiger charge is 2.44. The zero-order valence-corrected chi connectivity index (χ0v) is 11.5. The first-order valence-electron chi connectivity index (χ1n) is 7.01. The molecular weight excluding hydrogens is 248 g/mol. The molecule has 0 aromatic heterocycles. The number of amides is 1. The van der Waals surface area contributed by atoms with Crippen molar-refractivity contribution < 1.29 is 9.53 Å². The molecule has 4 nitrogen and oxygen atoms in total. The molecule has 5 heteroatoms. The average Bonchev–Trinajstić information content (AvgIpc) is 2.83. The summed E-state index contributed by atoms with van der Waals surface area (Å²) in [6.07, 6.45) is 4.50. The molecule has 2 saturated heterocycles. The van der Waals surface area contributed by atoms with Crippen molar-refractivity contribution in [3.05, 3.63) is 0 Å². The molecule has 4 atom stereocenters. The van der Waals surface area contributed by atoms with Gasteiger partial charge >= 0.3 is 0 Å². The fourth-order valence-corrected chi connectivity index (χ4v) is 4.13. The molecule has 1 saturated carbocycles. The Kier molecular flexibility index (Phi) is 3.82. The van der Waals surface area contributed by atoms with Gasteiger partial charge < -0.3 is 15.4 Å². The SMILES string of the molecule is NC1CC1C(=O)N(CC1CCCO1)C1CCSC1. The van der Waals surface area contributed by atoms with Crippen LogP contribution in [0.4, 0.5) is 0 Å². The number of ether oxygens (including phenoxy) is 1. The van der Waals surface area contributed by atoms with Crippen LogP contribution in [-0.4, -0.2) is 53.7 Å². The van der Waals surface area contributed by atoms with E-state index in [0.29, 0.717) is 6.04 Å². The van der Waals surface area contributed by atoms with E-state index in [9.17, 15) is 4.79 Å². The van der Waals surface area contributed by atoms with E-state index < -0.39 is 0 Å². The van der Waals surface area contributed by atoms with Crippen LogP contribution in [0.3, 0.4) is 0 Å². The van der Waals surface area contributed by atoms with Crippen molar-refractivity contribution in [1.82, 2.24) is 4.90 Å². The fourth-order valence-electron chi connectivity index (χ4n) is 2.91. The Morgan fingerprint density at radius 2 is 2.28 bits per heavy atom. The van der Waals surface area contributed by atoms with Crippen molar-refractivity contribution in [1.29, 1.82) is 0 Å². The predicted octanol–water partition coefficient (Wildman–Crippen LogP) is 0.847. The van der Waals surface area contributed by atoms with E-state index in [1.165, 1.54) is 5.75 Å². The van der Waals surface area contributed by atoms with Gasteiger partial charge in [0.25, 0.3) is 0 Å². The Balaban J connectivity index is 1.64. The molecule has 1 aliphatic carbocycles. The van der Waals surface area contributed by atoms with Crippen molar-refractivity contribution in [3.63, 3.8) is 0 Å². The summed E-state index contributed by atoms with van der Waals surface area (Å²) in [6.45, 7) is 1.64. The number of hydrogen-bond acceptors (Lipinski definition) is 4. The van der Waals surface area contributed by atoms with Gasteiger partial charge in [-0.2, -0.15) is 11.8 Å². The van der Waals surface area contributed by atoms with Gasteiger partial charge in [-0.3, -0.25) is 4.79 Å². The van der Waals surface area contributed by atoms with Crippen LogP contribution in [0.5, 0.6) is 0 Å². The molecule has 2 heterocycles. The standard InChI is InChI=1S/C13H22N2O2S/c14-12-6-11(12)13(16)15(9-3-5-18-8-9)7-10-2-1-4-17-10/h9-12H,1-8,14H2. The molecule has 2 N–H and O–H groups in total. The maximum Gasteiger partial charge on any atom is 0.227 e. The molecule has 3 fully saturated rings. The third-order valence-electron chi connectivity index (χ3n) is 4.21. The number of carbonyl (C=O) groups excluding carboxylic acids is 1. The van der Waals surface area contributed by atoms with Gasteiger partial charge in [-0.05, 0) is 31.4 Å². The first kappa shape index (κ1) is 12.8. The number of carbonyl (C=O) groups is 1. The number of rotatable bonds is 4. The summed E-state index contributed by atoms with van der Waals surface area (Å²) >= 11 is 1.95. The molecule has 0 spiro atoms. The summed E-state index contributed by atoms with van der Waals surface area (Å²) in [4.78, 5) is 14.6. The Morgan fingerprint density at radius 3 is 2.83 bits per heavy atom. The molecule has 0 bridgehead atoms. The predicted molar refractivity (Wildman–Crippen MR) is 72.5 cm³/mol. The van der Waals surface area contributed by atoms with Gasteiger partial charge in [0.05, 0.1) is 12.0 Å². The van der Waals surface area contributed by atoms with Crippen molar-refractivity contribution in [3.8, 4) is 0 Å². The maximum atomic E-state index is 12.5. The van der Waals surface area contributed by atoms with Gasteiger partial charge in [0.2, 0.25) is 5.91 Å². The minimum Gasteiger partial charge on any atom is -0.376 e. The van der Waals surface area contributed by atoms with E-state index in [0.717, 1.165) is 44.6 Å². The molecule has 3 rings (SSSR count). The van der Waals surface area contributed by atoms with Gasteiger partial charge in [-0.15, -0.1) is 0 Å². The van der Waals surface area contributed by atoms with Gasteiger partial charge in [0, 0.05) is 31.0 Å². The van der Waals surface area contributed by atoms with E-state index in [1.54, 1.807) is 0 Å². The molecule has 0 aromatic rings. The van der Waals surface area contributed by atoms with Gasteiger partial charge in [0.15, 0.2) is 0 Å². The zero-order chi connectivity index (χ0) is 12.5. The van der Waals surface area contributed by atoms with Crippen LogP contribution in [0.15, 0.2) is 0 Å². The summed E-state index contributed by atoms with van der Waals surface area (Å²) in [7, 11) is 0. The van der Waals surface area contributed by atoms with E-state index in [4.69, 9.17) is 10.5 Å². The Labute approximate surface area is 113 Å². The van der Waals surface area contributed by atoms with Crippen LogP contribution in [-0.2, 0) is 9.53 Å². The second-order valence-corrected chi connectivity index (χ2v) is 6.80. The lowest BCUT2D eigenvalue weighted by atomic mass is 10.1. The van der Waals surface area contributed by atoms with E-state index in [2.05, 4.69) is 4.90 Å². The van der Waals surface area contributed by atoms with Gasteiger partial charge in [-0.1, -0.05) is 0 Å². The lowest BCUT2D eigenvalue weighted by Crippen LogP contribution is -2.46. The van der Waals surface area contributed by atoms with E-state index in [-0.39, 0.29) is 24.0 Å². The summed E-state index contributed by atoms with van der Waals surface area (Å²) in [6, 6.07) is 0.526. The number of nitrogens with two attached hydrogens (primary N) is 1. The molecular formula is C13H22N2O2S. The molecule has 0 aromatic carbocycles. The van der Waals surface area contributed by atoms with Crippen LogP contribution in [0, 0.1) is 5.92 Å². The third-order valence-corrected chi connectivity index (χ3v) is 5.36.